The third-order valence-electron chi connectivity index (χ3n) is 4.26. The van der Waals surface area contributed by atoms with Crippen LogP contribution in [0.25, 0.3) is 0 Å². The maximum absolute atomic E-state index is 12.6. The molecule has 0 bridgehead atoms. The van der Waals surface area contributed by atoms with Gasteiger partial charge < -0.3 is 15.5 Å². The van der Waals surface area contributed by atoms with Crippen LogP contribution in [0, 0.1) is 5.92 Å². The van der Waals surface area contributed by atoms with Crippen molar-refractivity contribution in [2.45, 2.75) is 26.4 Å². The summed E-state index contributed by atoms with van der Waals surface area (Å²) in [6.45, 7) is 5.57. The first-order chi connectivity index (χ1) is 12.0. The summed E-state index contributed by atoms with van der Waals surface area (Å²) in [6.07, 6.45) is 3.65. The van der Waals surface area contributed by atoms with Gasteiger partial charge in [0.25, 0.3) is 0 Å². The Bertz CT molecular complexity index is 724. The van der Waals surface area contributed by atoms with Gasteiger partial charge in [0.2, 0.25) is 5.91 Å². The summed E-state index contributed by atoms with van der Waals surface area (Å²) < 4.78 is 1.84. The highest BCUT2D eigenvalue weighted by molar-refractivity contribution is 5.94. The van der Waals surface area contributed by atoms with Crippen LogP contribution < -0.4 is 10.6 Å². The number of carbonyl (C=O) groups excluding carboxylic acids is 2. The number of hydrogen-bond donors (Lipinski definition) is 2. The summed E-state index contributed by atoms with van der Waals surface area (Å²) in [6, 6.07) is 8.85. The van der Waals surface area contributed by atoms with Crippen molar-refractivity contribution in [2.24, 2.45) is 5.92 Å². The van der Waals surface area contributed by atoms with Gasteiger partial charge in [0.05, 0.1) is 6.54 Å². The van der Waals surface area contributed by atoms with Crippen LogP contribution in [0.15, 0.2) is 42.7 Å². The molecule has 0 spiro atoms. The lowest BCUT2D eigenvalue weighted by Gasteiger charge is -2.37. The molecule has 1 aromatic carbocycles. The minimum absolute atomic E-state index is 0.0579. The van der Waals surface area contributed by atoms with E-state index in [0.29, 0.717) is 25.3 Å². The summed E-state index contributed by atoms with van der Waals surface area (Å²) in [7, 11) is 0. The van der Waals surface area contributed by atoms with E-state index in [1.54, 1.807) is 11.1 Å². The van der Waals surface area contributed by atoms with Crippen molar-refractivity contribution in [3.63, 3.8) is 0 Å². The van der Waals surface area contributed by atoms with Gasteiger partial charge in [-0.15, -0.1) is 0 Å². The molecule has 1 aliphatic rings. The molecule has 3 rings (SSSR count). The number of nitrogens with zero attached hydrogens (tertiary/aromatic N) is 3. The van der Waals surface area contributed by atoms with Gasteiger partial charge in [-0.05, 0) is 29.7 Å². The molecule has 1 fully saturated rings. The SMILES string of the molecule is CC(C)[C@H]1C(=O)NCCN1C(=O)Nc1ccc(Cn2cccn2)cc1. The normalized spacial score (nSPS) is 17.5. The number of rotatable bonds is 4. The highest BCUT2D eigenvalue weighted by Gasteiger charge is 2.35. The van der Waals surface area contributed by atoms with Crippen LogP contribution in [0.4, 0.5) is 10.5 Å². The van der Waals surface area contributed by atoms with E-state index in [4.69, 9.17) is 0 Å². The Kier molecular flexibility index (Phi) is 5.02. The van der Waals surface area contributed by atoms with Crippen molar-refractivity contribution in [1.82, 2.24) is 20.0 Å². The Morgan fingerprint density at radius 2 is 2.12 bits per heavy atom. The third kappa shape index (κ3) is 3.99. The van der Waals surface area contributed by atoms with Crippen molar-refractivity contribution in [2.75, 3.05) is 18.4 Å². The molecule has 1 saturated heterocycles. The first kappa shape index (κ1) is 17.0. The molecule has 7 heteroatoms. The predicted octanol–water partition coefficient (Wildman–Crippen LogP) is 1.92. The number of anilines is 1. The van der Waals surface area contributed by atoms with E-state index in [0.717, 1.165) is 5.56 Å². The maximum atomic E-state index is 12.6. The molecule has 1 aromatic heterocycles. The van der Waals surface area contributed by atoms with Crippen LogP contribution >= 0.6 is 0 Å². The zero-order chi connectivity index (χ0) is 17.8. The third-order valence-corrected chi connectivity index (χ3v) is 4.26. The van der Waals surface area contributed by atoms with E-state index in [2.05, 4.69) is 15.7 Å². The Labute approximate surface area is 147 Å². The van der Waals surface area contributed by atoms with Gasteiger partial charge >= 0.3 is 6.03 Å². The molecule has 2 aromatic rings. The number of urea groups is 1. The molecule has 0 radical (unpaired) electrons. The van der Waals surface area contributed by atoms with E-state index >= 15 is 0 Å². The zero-order valence-electron chi connectivity index (χ0n) is 14.5. The number of hydrogen-bond acceptors (Lipinski definition) is 3. The molecule has 7 nitrogen and oxygen atoms in total. The van der Waals surface area contributed by atoms with Crippen LogP contribution in [-0.4, -0.2) is 45.8 Å². The Morgan fingerprint density at radius 3 is 2.76 bits per heavy atom. The topological polar surface area (TPSA) is 79.3 Å². The molecule has 0 unspecified atom stereocenters. The largest absolute Gasteiger partial charge is 0.353 e. The minimum Gasteiger partial charge on any atom is -0.353 e. The van der Waals surface area contributed by atoms with E-state index in [1.165, 1.54) is 0 Å². The van der Waals surface area contributed by atoms with Crippen molar-refractivity contribution >= 4 is 17.6 Å². The molecule has 2 N–H and O–H groups in total. The summed E-state index contributed by atoms with van der Waals surface area (Å²) in [5, 5.41) is 9.89. The maximum Gasteiger partial charge on any atom is 0.322 e. The van der Waals surface area contributed by atoms with Gasteiger partial charge in [0.15, 0.2) is 0 Å². The fourth-order valence-corrected chi connectivity index (χ4v) is 3.05. The molecule has 3 amide bonds. The first-order valence-corrected chi connectivity index (χ1v) is 8.46. The number of benzene rings is 1. The van der Waals surface area contributed by atoms with Crippen molar-refractivity contribution in [3.05, 3.63) is 48.3 Å². The molecule has 1 atom stereocenters. The van der Waals surface area contributed by atoms with Gasteiger partial charge in [-0.3, -0.25) is 9.48 Å². The molecule has 0 saturated carbocycles. The Hall–Kier alpha value is -2.83. The van der Waals surface area contributed by atoms with E-state index in [-0.39, 0.29) is 17.9 Å². The van der Waals surface area contributed by atoms with Crippen LogP contribution in [0.1, 0.15) is 19.4 Å². The van der Waals surface area contributed by atoms with Crippen molar-refractivity contribution in [3.8, 4) is 0 Å². The van der Waals surface area contributed by atoms with Gasteiger partial charge in [-0.25, -0.2) is 4.79 Å². The monoisotopic (exact) mass is 341 g/mol. The van der Waals surface area contributed by atoms with Crippen LogP contribution in [0.2, 0.25) is 0 Å². The average Bonchev–Trinajstić information content (AvgIpc) is 3.09. The number of amides is 3. The van der Waals surface area contributed by atoms with Crippen molar-refractivity contribution in [1.29, 1.82) is 0 Å². The standard InChI is InChI=1S/C18H23N5O2/c1-13(2)16-17(24)19-9-11-23(16)18(25)21-15-6-4-14(5-7-15)12-22-10-3-8-20-22/h3-8,10,13,16H,9,11-12H2,1-2H3,(H,19,24)(H,21,25)/t16-/m0/s1. The van der Waals surface area contributed by atoms with E-state index < -0.39 is 6.04 Å². The van der Waals surface area contributed by atoms with Crippen LogP contribution in [0.3, 0.4) is 0 Å². The fourth-order valence-electron chi connectivity index (χ4n) is 3.05. The number of carbonyl (C=O) groups is 2. The smallest absolute Gasteiger partial charge is 0.322 e. The second-order valence-corrected chi connectivity index (χ2v) is 6.50. The number of piperazine rings is 1. The molecule has 0 aliphatic carbocycles. The first-order valence-electron chi connectivity index (χ1n) is 8.46. The van der Waals surface area contributed by atoms with Crippen molar-refractivity contribution < 1.29 is 9.59 Å². The molecule has 132 valence electrons. The highest BCUT2D eigenvalue weighted by Crippen LogP contribution is 2.17. The zero-order valence-corrected chi connectivity index (χ0v) is 14.5. The highest BCUT2D eigenvalue weighted by atomic mass is 16.2. The summed E-state index contributed by atoms with van der Waals surface area (Å²) in [4.78, 5) is 26.3. The molecule has 1 aliphatic heterocycles. The molecule has 2 heterocycles. The predicted molar refractivity (Wildman–Crippen MR) is 95.1 cm³/mol. The average molecular weight is 341 g/mol. The second kappa shape index (κ2) is 7.38. The molecule has 25 heavy (non-hydrogen) atoms. The Morgan fingerprint density at radius 1 is 1.36 bits per heavy atom. The van der Waals surface area contributed by atoms with Crippen LogP contribution in [-0.2, 0) is 11.3 Å². The van der Waals surface area contributed by atoms with Gasteiger partial charge in [0.1, 0.15) is 6.04 Å². The number of aromatic nitrogens is 2. The number of nitrogens with one attached hydrogen (secondary N) is 2. The summed E-state index contributed by atoms with van der Waals surface area (Å²) in [5.74, 6) is -0.0338. The Balaban J connectivity index is 1.64. The minimum atomic E-state index is -0.437. The quantitative estimate of drug-likeness (QED) is 0.892. The fraction of sp³-hybridized carbons (Fsp3) is 0.389. The molecular formula is C18H23N5O2. The van der Waals surface area contributed by atoms with E-state index in [9.17, 15) is 9.59 Å². The van der Waals surface area contributed by atoms with Gasteiger partial charge in [0, 0.05) is 31.2 Å². The lowest BCUT2D eigenvalue weighted by atomic mass is 10.00. The summed E-state index contributed by atoms with van der Waals surface area (Å²) in [5.41, 5.74) is 1.81. The van der Waals surface area contributed by atoms with E-state index in [1.807, 2.05) is 55.1 Å². The molecular weight excluding hydrogens is 318 g/mol. The summed E-state index contributed by atoms with van der Waals surface area (Å²) >= 11 is 0. The van der Waals surface area contributed by atoms with Gasteiger partial charge in [-0.1, -0.05) is 26.0 Å². The van der Waals surface area contributed by atoms with Gasteiger partial charge in [-0.2, -0.15) is 5.10 Å². The lowest BCUT2D eigenvalue weighted by molar-refractivity contribution is -0.129. The second-order valence-electron chi connectivity index (χ2n) is 6.50. The van der Waals surface area contributed by atoms with Crippen LogP contribution in [0.5, 0.6) is 0 Å². The lowest BCUT2D eigenvalue weighted by Crippen LogP contribution is -2.60.